The van der Waals surface area contributed by atoms with Gasteiger partial charge in [-0.25, -0.2) is 14.5 Å². The monoisotopic (exact) mass is 548 g/mol. The van der Waals surface area contributed by atoms with Crippen molar-refractivity contribution in [2.75, 3.05) is 0 Å². The molecule has 0 radical (unpaired) electrons. The summed E-state index contributed by atoms with van der Waals surface area (Å²) in [5.41, 5.74) is -2.59. The van der Waals surface area contributed by atoms with E-state index in [1.54, 1.807) is 19.9 Å². The number of nitrogens with zero attached hydrogens (tertiary/aromatic N) is 5. The number of nitriles is 1. The Kier molecular flexibility index (Phi) is 8.20. The number of carbonyl (C=O) groups excluding carboxylic acids is 1. The number of esters is 1. The molecule has 0 bridgehead atoms. The molecule has 1 atom stereocenters. The maximum absolute atomic E-state index is 13.2. The number of aromatic nitrogens is 5. The van der Waals surface area contributed by atoms with E-state index in [0.29, 0.717) is 10.1 Å². The van der Waals surface area contributed by atoms with E-state index in [1.807, 2.05) is 13.8 Å². The zero-order valence-electron chi connectivity index (χ0n) is 20.4. The van der Waals surface area contributed by atoms with E-state index in [1.165, 1.54) is 25.1 Å². The van der Waals surface area contributed by atoms with Gasteiger partial charge in [0.25, 0.3) is 11.1 Å². The van der Waals surface area contributed by atoms with E-state index < -0.39 is 35.1 Å². The van der Waals surface area contributed by atoms with Crippen molar-refractivity contribution < 1.29 is 14.3 Å². The summed E-state index contributed by atoms with van der Waals surface area (Å²) in [6, 6.07) is 5.61. The molecule has 0 aliphatic rings. The molecular weight excluding hydrogens is 527 g/mol. The summed E-state index contributed by atoms with van der Waals surface area (Å²) in [5, 5.41) is 19.3. The first-order valence-electron chi connectivity index (χ1n) is 11.0. The number of H-pyrrole nitrogens is 1. The number of aromatic amines is 1. The van der Waals surface area contributed by atoms with Crippen LogP contribution in [0.4, 0.5) is 0 Å². The Morgan fingerprint density at radius 2 is 1.70 bits per heavy atom. The van der Waals surface area contributed by atoms with Gasteiger partial charge in [0.2, 0.25) is 11.6 Å². The van der Waals surface area contributed by atoms with Gasteiger partial charge in [-0.2, -0.15) is 9.94 Å². The molecule has 0 saturated carbocycles. The van der Waals surface area contributed by atoms with Gasteiger partial charge < -0.3 is 9.47 Å². The van der Waals surface area contributed by atoms with Crippen molar-refractivity contribution in [2.45, 2.75) is 46.8 Å². The second-order valence-electron chi connectivity index (χ2n) is 8.51. The quantitative estimate of drug-likeness (QED) is 0.436. The third kappa shape index (κ3) is 5.73. The molecule has 0 aliphatic carbocycles. The molecule has 3 aromatic rings. The van der Waals surface area contributed by atoms with Gasteiger partial charge in [0.05, 0.1) is 21.7 Å². The lowest BCUT2D eigenvalue weighted by atomic mass is 10.1. The van der Waals surface area contributed by atoms with E-state index in [0.717, 1.165) is 4.68 Å². The molecule has 0 aliphatic heterocycles. The minimum absolute atomic E-state index is 0.00252. The second kappa shape index (κ2) is 11.0. The molecule has 14 heteroatoms. The van der Waals surface area contributed by atoms with Crippen molar-refractivity contribution in [2.24, 2.45) is 5.92 Å². The smallest absolute Gasteiger partial charge is 0.355 e. The highest BCUT2D eigenvalue weighted by Crippen LogP contribution is 2.37. The number of hydrogen-bond acceptors (Lipinski definition) is 9. The van der Waals surface area contributed by atoms with Gasteiger partial charge in [-0.1, -0.05) is 50.9 Å². The van der Waals surface area contributed by atoms with Gasteiger partial charge in [-0.05, 0) is 25.0 Å². The van der Waals surface area contributed by atoms with E-state index >= 15 is 0 Å². The lowest BCUT2D eigenvalue weighted by molar-refractivity contribution is -0.156. The predicted octanol–water partition coefficient (Wildman–Crippen LogP) is 3.29. The number of hydrogen-bond donors (Lipinski definition) is 1. The molecule has 2 heterocycles. The Hall–Kier alpha value is -3.95. The SMILES string of the molecule is CC(C)C(=O)OC(C)n1c(=O)c(C#N)nn(-c2cc(Cl)c(Oc3cc(C(C)C)c(=O)[nH]n3)c(Cl)c2)c1=O. The van der Waals surface area contributed by atoms with Crippen molar-refractivity contribution in [1.82, 2.24) is 24.5 Å². The van der Waals surface area contributed by atoms with Crippen molar-refractivity contribution in [1.29, 1.82) is 5.26 Å². The Morgan fingerprint density at radius 1 is 1.08 bits per heavy atom. The van der Waals surface area contributed by atoms with Crippen LogP contribution in [0.25, 0.3) is 5.69 Å². The fourth-order valence-electron chi connectivity index (χ4n) is 3.16. The maximum atomic E-state index is 13.2. The molecule has 194 valence electrons. The van der Waals surface area contributed by atoms with Crippen LogP contribution in [0.1, 0.15) is 58.0 Å². The topological polar surface area (TPSA) is 162 Å². The molecule has 1 aromatic carbocycles. The number of halogens is 2. The Labute approximate surface area is 220 Å². The van der Waals surface area contributed by atoms with Crippen LogP contribution in [0.5, 0.6) is 11.6 Å². The number of nitrogens with one attached hydrogen (secondary N) is 1. The fraction of sp³-hybridized carbons (Fsp3) is 0.348. The highest BCUT2D eigenvalue weighted by Gasteiger charge is 2.23. The van der Waals surface area contributed by atoms with E-state index in [-0.39, 0.29) is 38.8 Å². The van der Waals surface area contributed by atoms with Gasteiger partial charge in [0, 0.05) is 11.6 Å². The summed E-state index contributed by atoms with van der Waals surface area (Å²) in [4.78, 5) is 49.8. The molecule has 37 heavy (non-hydrogen) atoms. The van der Waals surface area contributed by atoms with E-state index in [4.69, 9.17) is 32.7 Å². The molecule has 3 rings (SSSR count). The van der Waals surface area contributed by atoms with Crippen molar-refractivity contribution in [3.63, 3.8) is 0 Å². The molecule has 0 fully saturated rings. The van der Waals surface area contributed by atoms with Crippen LogP contribution in [0, 0.1) is 17.2 Å². The molecule has 1 unspecified atom stereocenters. The molecule has 12 nitrogen and oxygen atoms in total. The van der Waals surface area contributed by atoms with Crippen LogP contribution in [-0.4, -0.2) is 30.5 Å². The highest BCUT2D eigenvalue weighted by molar-refractivity contribution is 6.37. The largest absolute Gasteiger partial charge is 0.441 e. The molecular formula is C23H22Cl2N6O6. The van der Waals surface area contributed by atoms with Gasteiger partial charge >= 0.3 is 11.7 Å². The van der Waals surface area contributed by atoms with Crippen molar-refractivity contribution in [3.05, 3.63) is 70.7 Å². The summed E-state index contributed by atoms with van der Waals surface area (Å²) in [5.74, 6) is -1.27. The van der Waals surface area contributed by atoms with Crippen LogP contribution >= 0.6 is 23.2 Å². The van der Waals surface area contributed by atoms with Crippen LogP contribution < -0.4 is 21.5 Å². The Bertz CT molecular complexity index is 1560. The standard InChI is InChI=1S/C23H22Cl2N6O6/c1-10(2)14-8-18(27-28-20(14)32)37-19-15(24)6-13(7-16(19)25)31-23(35)30(21(33)17(9-26)29-31)12(5)36-22(34)11(3)4/h6-8,10-12H,1-5H3,(H,28,32). The van der Waals surface area contributed by atoms with Crippen molar-refractivity contribution in [3.8, 4) is 23.4 Å². The molecule has 0 amide bonds. The number of rotatable bonds is 7. The molecule has 0 saturated heterocycles. The first-order valence-corrected chi connectivity index (χ1v) is 11.7. The number of carbonyl (C=O) groups is 1. The summed E-state index contributed by atoms with van der Waals surface area (Å²) in [7, 11) is 0. The minimum atomic E-state index is -1.33. The normalized spacial score (nSPS) is 11.9. The number of ether oxygens (including phenoxy) is 2. The van der Waals surface area contributed by atoms with Crippen LogP contribution in [0.3, 0.4) is 0 Å². The van der Waals surface area contributed by atoms with Gasteiger partial charge in [0.1, 0.15) is 6.07 Å². The zero-order chi connectivity index (χ0) is 27.6. The summed E-state index contributed by atoms with van der Waals surface area (Å²) >= 11 is 12.8. The second-order valence-corrected chi connectivity index (χ2v) is 9.32. The lowest BCUT2D eigenvalue weighted by Gasteiger charge is -2.18. The van der Waals surface area contributed by atoms with E-state index in [9.17, 15) is 24.4 Å². The predicted molar refractivity (Wildman–Crippen MR) is 133 cm³/mol. The van der Waals surface area contributed by atoms with Crippen LogP contribution in [0.2, 0.25) is 10.0 Å². The Balaban J connectivity index is 2.10. The third-order valence-corrected chi connectivity index (χ3v) is 5.66. The first-order chi connectivity index (χ1) is 17.3. The highest BCUT2D eigenvalue weighted by atomic mass is 35.5. The lowest BCUT2D eigenvalue weighted by Crippen LogP contribution is -2.45. The van der Waals surface area contributed by atoms with Gasteiger partial charge in [0.15, 0.2) is 12.0 Å². The summed E-state index contributed by atoms with van der Waals surface area (Å²) in [6.07, 6.45) is -1.33. The fourth-order valence-corrected chi connectivity index (χ4v) is 3.71. The van der Waals surface area contributed by atoms with E-state index in [2.05, 4.69) is 15.3 Å². The van der Waals surface area contributed by atoms with Crippen LogP contribution in [-0.2, 0) is 9.53 Å². The van der Waals surface area contributed by atoms with Crippen molar-refractivity contribution >= 4 is 29.2 Å². The first kappa shape index (κ1) is 27.6. The maximum Gasteiger partial charge on any atom is 0.355 e. The average molecular weight is 549 g/mol. The minimum Gasteiger partial charge on any atom is -0.441 e. The Morgan fingerprint density at radius 3 is 2.24 bits per heavy atom. The number of benzene rings is 1. The van der Waals surface area contributed by atoms with Crippen LogP contribution in [0.15, 0.2) is 32.6 Å². The molecule has 2 aromatic heterocycles. The van der Waals surface area contributed by atoms with Gasteiger partial charge in [-0.15, -0.1) is 10.2 Å². The van der Waals surface area contributed by atoms with Gasteiger partial charge in [-0.3, -0.25) is 14.4 Å². The third-order valence-electron chi connectivity index (χ3n) is 5.10. The average Bonchev–Trinajstić information content (AvgIpc) is 2.82. The zero-order valence-corrected chi connectivity index (χ0v) is 21.9. The molecule has 1 N–H and O–H groups in total. The summed E-state index contributed by atoms with van der Waals surface area (Å²) in [6.45, 7) is 8.14. The molecule has 0 spiro atoms. The summed E-state index contributed by atoms with van der Waals surface area (Å²) < 4.78 is 12.2.